The van der Waals surface area contributed by atoms with Gasteiger partial charge in [0.05, 0.1) is 0 Å². The van der Waals surface area contributed by atoms with Crippen LogP contribution in [-0.4, -0.2) is 6.54 Å². The van der Waals surface area contributed by atoms with Crippen LogP contribution in [0.15, 0.2) is 0 Å². The maximum absolute atomic E-state index is 5.59. The van der Waals surface area contributed by atoms with Crippen LogP contribution in [0.1, 0.15) is 32.6 Å². The van der Waals surface area contributed by atoms with Crippen LogP contribution in [0.4, 0.5) is 0 Å². The number of rotatable bonds is 1. The standard InChI is InChI=1S/C8H17N/c1-7-4-2-3-5-8(7)6-9/h7-8H,2-6,9H2,1H3. The highest BCUT2D eigenvalue weighted by Crippen LogP contribution is 2.28. The lowest BCUT2D eigenvalue weighted by molar-refractivity contribution is 0.263. The number of nitrogens with two attached hydrogens (primary N) is 1. The van der Waals surface area contributed by atoms with E-state index >= 15 is 0 Å². The van der Waals surface area contributed by atoms with E-state index in [9.17, 15) is 0 Å². The predicted octanol–water partition coefficient (Wildman–Crippen LogP) is 1.77. The lowest BCUT2D eigenvalue weighted by Gasteiger charge is -2.27. The van der Waals surface area contributed by atoms with Gasteiger partial charge in [0.15, 0.2) is 0 Å². The Morgan fingerprint density at radius 3 is 2.44 bits per heavy atom. The highest BCUT2D eigenvalue weighted by atomic mass is 14.6. The van der Waals surface area contributed by atoms with Crippen molar-refractivity contribution < 1.29 is 0 Å². The average molecular weight is 127 g/mol. The largest absolute Gasteiger partial charge is 0.330 e. The second-order valence-electron chi connectivity index (χ2n) is 3.26. The van der Waals surface area contributed by atoms with Crippen LogP contribution in [0.5, 0.6) is 0 Å². The molecule has 0 heterocycles. The van der Waals surface area contributed by atoms with Gasteiger partial charge >= 0.3 is 0 Å². The van der Waals surface area contributed by atoms with Crippen LogP contribution < -0.4 is 5.73 Å². The molecule has 9 heavy (non-hydrogen) atoms. The van der Waals surface area contributed by atoms with Gasteiger partial charge in [-0.1, -0.05) is 26.2 Å². The molecule has 0 amide bonds. The normalized spacial score (nSPS) is 36.7. The fourth-order valence-corrected chi connectivity index (χ4v) is 1.74. The molecule has 0 aliphatic heterocycles. The number of hydrogen-bond acceptors (Lipinski definition) is 1. The molecule has 0 aromatic carbocycles. The van der Waals surface area contributed by atoms with E-state index in [0.717, 1.165) is 18.4 Å². The monoisotopic (exact) mass is 127 g/mol. The summed E-state index contributed by atoms with van der Waals surface area (Å²) < 4.78 is 0. The van der Waals surface area contributed by atoms with Crippen molar-refractivity contribution in [3.8, 4) is 0 Å². The highest BCUT2D eigenvalue weighted by molar-refractivity contribution is 4.72. The fourth-order valence-electron chi connectivity index (χ4n) is 1.74. The first-order valence-electron chi connectivity index (χ1n) is 4.04. The third-order valence-corrected chi connectivity index (χ3v) is 2.59. The summed E-state index contributed by atoms with van der Waals surface area (Å²) in [6.07, 6.45) is 5.61. The topological polar surface area (TPSA) is 26.0 Å². The molecule has 0 aromatic rings. The van der Waals surface area contributed by atoms with E-state index in [-0.39, 0.29) is 0 Å². The summed E-state index contributed by atoms with van der Waals surface area (Å²) in [5.41, 5.74) is 5.59. The summed E-state index contributed by atoms with van der Waals surface area (Å²) >= 11 is 0. The first kappa shape index (κ1) is 7.07. The van der Waals surface area contributed by atoms with E-state index in [1.165, 1.54) is 25.7 Å². The zero-order valence-electron chi connectivity index (χ0n) is 6.27. The van der Waals surface area contributed by atoms with Crippen LogP contribution >= 0.6 is 0 Å². The molecule has 2 unspecified atom stereocenters. The molecule has 1 fully saturated rings. The molecule has 0 saturated heterocycles. The van der Waals surface area contributed by atoms with Gasteiger partial charge in [0.25, 0.3) is 0 Å². The second-order valence-corrected chi connectivity index (χ2v) is 3.26. The first-order chi connectivity index (χ1) is 4.34. The van der Waals surface area contributed by atoms with Crippen molar-refractivity contribution in [2.75, 3.05) is 6.54 Å². The molecule has 1 aliphatic rings. The Bertz CT molecular complexity index is 80.6. The van der Waals surface area contributed by atoms with Gasteiger partial charge in [-0.25, -0.2) is 0 Å². The summed E-state index contributed by atoms with van der Waals surface area (Å²) in [7, 11) is 0. The van der Waals surface area contributed by atoms with Crippen LogP contribution in [0.2, 0.25) is 0 Å². The van der Waals surface area contributed by atoms with Crippen LogP contribution in [0.3, 0.4) is 0 Å². The van der Waals surface area contributed by atoms with Crippen LogP contribution in [0, 0.1) is 11.8 Å². The quantitative estimate of drug-likeness (QED) is 0.570. The first-order valence-corrected chi connectivity index (χ1v) is 4.04. The van der Waals surface area contributed by atoms with Crippen molar-refractivity contribution in [3.05, 3.63) is 0 Å². The molecular weight excluding hydrogens is 110 g/mol. The smallest absolute Gasteiger partial charge is 0.00463 e. The Labute approximate surface area is 57.6 Å². The summed E-state index contributed by atoms with van der Waals surface area (Å²) in [5.74, 6) is 1.72. The van der Waals surface area contributed by atoms with Gasteiger partial charge in [-0.2, -0.15) is 0 Å². The third-order valence-electron chi connectivity index (χ3n) is 2.59. The summed E-state index contributed by atoms with van der Waals surface area (Å²) in [4.78, 5) is 0. The van der Waals surface area contributed by atoms with E-state index in [2.05, 4.69) is 6.92 Å². The summed E-state index contributed by atoms with van der Waals surface area (Å²) in [6.45, 7) is 3.23. The van der Waals surface area contributed by atoms with Crippen molar-refractivity contribution in [2.24, 2.45) is 17.6 Å². The molecule has 1 rings (SSSR count). The maximum Gasteiger partial charge on any atom is -0.00463 e. The maximum atomic E-state index is 5.59. The Kier molecular flexibility index (Phi) is 2.52. The zero-order valence-corrected chi connectivity index (χ0v) is 6.27. The van der Waals surface area contributed by atoms with E-state index in [4.69, 9.17) is 5.73 Å². The van der Waals surface area contributed by atoms with Crippen molar-refractivity contribution in [1.29, 1.82) is 0 Å². The minimum Gasteiger partial charge on any atom is -0.330 e. The van der Waals surface area contributed by atoms with E-state index in [1.54, 1.807) is 0 Å². The lowest BCUT2D eigenvalue weighted by atomic mass is 9.81. The van der Waals surface area contributed by atoms with Gasteiger partial charge in [-0.3, -0.25) is 0 Å². The molecule has 1 aliphatic carbocycles. The highest BCUT2D eigenvalue weighted by Gasteiger charge is 2.18. The lowest BCUT2D eigenvalue weighted by Crippen LogP contribution is -2.24. The summed E-state index contributed by atoms with van der Waals surface area (Å²) in [6, 6.07) is 0. The Hall–Kier alpha value is -0.0400. The molecular formula is C8H17N. The van der Waals surface area contributed by atoms with Crippen LogP contribution in [-0.2, 0) is 0 Å². The molecule has 2 N–H and O–H groups in total. The molecule has 1 heteroatoms. The molecule has 0 spiro atoms. The molecule has 0 bridgehead atoms. The van der Waals surface area contributed by atoms with Gasteiger partial charge in [-0.05, 0) is 24.8 Å². The van der Waals surface area contributed by atoms with Gasteiger partial charge in [0, 0.05) is 0 Å². The van der Waals surface area contributed by atoms with Crippen LogP contribution in [0.25, 0.3) is 0 Å². The summed E-state index contributed by atoms with van der Waals surface area (Å²) in [5, 5.41) is 0. The molecule has 0 radical (unpaired) electrons. The minimum absolute atomic E-state index is 0.832. The van der Waals surface area contributed by atoms with Crippen molar-refractivity contribution in [3.63, 3.8) is 0 Å². The minimum atomic E-state index is 0.832. The predicted molar refractivity (Wildman–Crippen MR) is 40.2 cm³/mol. The van der Waals surface area contributed by atoms with Crippen molar-refractivity contribution >= 4 is 0 Å². The molecule has 1 saturated carbocycles. The van der Waals surface area contributed by atoms with E-state index in [0.29, 0.717) is 0 Å². The molecule has 1 nitrogen and oxygen atoms in total. The molecule has 54 valence electrons. The Morgan fingerprint density at radius 1 is 1.33 bits per heavy atom. The second kappa shape index (κ2) is 3.21. The molecule has 2 atom stereocenters. The SMILES string of the molecule is CC1CCCCC1CN. The fraction of sp³-hybridized carbons (Fsp3) is 1.00. The van der Waals surface area contributed by atoms with Gasteiger partial charge in [0.2, 0.25) is 0 Å². The van der Waals surface area contributed by atoms with Gasteiger partial charge in [-0.15, -0.1) is 0 Å². The zero-order chi connectivity index (χ0) is 6.69. The average Bonchev–Trinajstić information content (AvgIpc) is 1.89. The van der Waals surface area contributed by atoms with Gasteiger partial charge < -0.3 is 5.73 Å². The molecule has 0 aromatic heterocycles. The van der Waals surface area contributed by atoms with Gasteiger partial charge in [0.1, 0.15) is 0 Å². The van der Waals surface area contributed by atoms with E-state index in [1.807, 2.05) is 0 Å². The van der Waals surface area contributed by atoms with Crippen molar-refractivity contribution in [2.45, 2.75) is 32.6 Å². The van der Waals surface area contributed by atoms with Crippen molar-refractivity contribution in [1.82, 2.24) is 0 Å². The number of hydrogen-bond donors (Lipinski definition) is 1. The Balaban J connectivity index is 2.30. The third kappa shape index (κ3) is 1.68. The Morgan fingerprint density at radius 2 is 2.00 bits per heavy atom. The van der Waals surface area contributed by atoms with E-state index < -0.39 is 0 Å².